The summed E-state index contributed by atoms with van der Waals surface area (Å²) in [7, 11) is 0. The molecule has 0 bridgehead atoms. The third kappa shape index (κ3) is 3.70. The molecule has 2 aromatic heterocycles. The lowest BCUT2D eigenvalue weighted by molar-refractivity contribution is -0.146. The number of nitrogens with one attached hydrogen (secondary N) is 1. The number of hydrogen-bond acceptors (Lipinski definition) is 7. The van der Waals surface area contributed by atoms with Crippen LogP contribution in [0.15, 0.2) is 47.0 Å². The number of hydrogen-bond donors (Lipinski definition) is 1. The van der Waals surface area contributed by atoms with E-state index in [9.17, 15) is 18.0 Å². The molecule has 1 aliphatic rings. The van der Waals surface area contributed by atoms with Crippen LogP contribution < -0.4 is 14.8 Å². The molecule has 0 aliphatic carbocycles. The van der Waals surface area contributed by atoms with Gasteiger partial charge in [0, 0.05) is 6.54 Å². The average Bonchev–Trinajstić information content (AvgIpc) is 3.50. The van der Waals surface area contributed by atoms with Gasteiger partial charge in [-0.05, 0) is 29.8 Å². The minimum atomic E-state index is -4.67. The van der Waals surface area contributed by atoms with Crippen LogP contribution in [0.2, 0.25) is 0 Å². The Kier molecular flexibility index (Phi) is 4.68. The average molecular weight is 445 g/mol. The summed E-state index contributed by atoms with van der Waals surface area (Å²) < 4.78 is 56.7. The van der Waals surface area contributed by atoms with E-state index in [0.29, 0.717) is 11.5 Å². The van der Waals surface area contributed by atoms with E-state index in [1.165, 1.54) is 12.1 Å². The summed E-state index contributed by atoms with van der Waals surface area (Å²) in [5.41, 5.74) is 1.20. The Morgan fingerprint density at radius 1 is 1.09 bits per heavy atom. The number of amides is 1. The van der Waals surface area contributed by atoms with Crippen LogP contribution in [0.5, 0.6) is 11.5 Å². The molecule has 4 aromatic rings. The van der Waals surface area contributed by atoms with Gasteiger partial charge in [0.1, 0.15) is 0 Å². The molecule has 12 heteroatoms. The van der Waals surface area contributed by atoms with Gasteiger partial charge in [0.15, 0.2) is 17.3 Å². The minimum Gasteiger partial charge on any atom is -0.454 e. The number of benzene rings is 2. The quantitative estimate of drug-likeness (QED) is 0.503. The van der Waals surface area contributed by atoms with Gasteiger partial charge in [0.05, 0.1) is 17.6 Å². The van der Waals surface area contributed by atoms with Crippen LogP contribution >= 0.6 is 0 Å². The maximum absolute atomic E-state index is 13.4. The molecule has 2 aromatic carbocycles. The van der Waals surface area contributed by atoms with Crippen molar-refractivity contribution in [1.82, 2.24) is 25.0 Å². The number of para-hydroxylation sites is 2. The molecule has 5 rings (SSSR count). The van der Waals surface area contributed by atoms with Gasteiger partial charge >= 0.3 is 18.0 Å². The van der Waals surface area contributed by atoms with E-state index in [0.717, 1.165) is 10.1 Å². The summed E-state index contributed by atoms with van der Waals surface area (Å²) in [5.74, 6) is -1.01. The Bertz CT molecular complexity index is 1310. The maximum atomic E-state index is 13.4. The normalized spacial score (nSPS) is 13.0. The molecule has 1 amide bonds. The fourth-order valence-corrected chi connectivity index (χ4v) is 3.31. The predicted octanol–water partition coefficient (Wildman–Crippen LogP) is 3.15. The van der Waals surface area contributed by atoms with Crippen molar-refractivity contribution in [3.8, 4) is 11.5 Å². The molecule has 164 valence electrons. The summed E-state index contributed by atoms with van der Waals surface area (Å²) in [5, 5.41) is 6.26. The second-order valence-electron chi connectivity index (χ2n) is 6.89. The van der Waals surface area contributed by atoms with Gasteiger partial charge in [-0.25, -0.2) is 4.98 Å². The third-order valence-corrected chi connectivity index (χ3v) is 4.76. The third-order valence-electron chi connectivity index (χ3n) is 4.76. The van der Waals surface area contributed by atoms with E-state index < -0.39 is 17.9 Å². The highest BCUT2D eigenvalue weighted by atomic mass is 19.4. The monoisotopic (exact) mass is 445 g/mol. The molecular formula is C20H14F3N5O4. The summed E-state index contributed by atoms with van der Waals surface area (Å²) in [6, 6.07) is 11.4. The van der Waals surface area contributed by atoms with Crippen LogP contribution in [0.1, 0.15) is 27.9 Å². The molecule has 0 radical (unpaired) electrons. The number of ether oxygens (including phenoxy) is 2. The van der Waals surface area contributed by atoms with E-state index in [2.05, 4.69) is 20.4 Å². The summed E-state index contributed by atoms with van der Waals surface area (Å²) in [6.07, 6.45) is -4.67. The molecule has 1 N–H and O–H groups in total. The SMILES string of the molecule is O=C(NCc1ccc2c(c1)OCO2)c1nc(Cn2c(C(F)(F)F)nc3ccccc32)no1. The first-order valence-corrected chi connectivity index (χ1v) is 9.40. The zero-order chi connectivity index (χ0) is 22.3. The van der Waals surface area contributed by atoms with Gasteiger partial charge in [0.25, 0.3) is 0 Å². The molecule has 0 spiro atoms. The molecular weight excluding hydrogens is 431 g/mol. The highest BCUT2D eigenvalue weighted by Crippen LogP contribution is 2.33. The molecule has 0 saturated carbocycles. The van der Waals surface area contributed by atoms with Crippen molar-refractivity contribution in [2.75, 3.05) is 6.79 Å². The maximum Gasteiger partial charge on any atom is 0.449 e. The van der Waals surface area contributed by atoms with Crippen LogP contribution in [0.3, 0.4) is 0 Å². The lowest BCUT2D eigenvalue weighted by atomic mass is 10.2. The van der Waals surface area contributed by atoms with Crippen molar-refractivity contribution in [1.29, 1.82) is 0 Å². The molecule has 3 heterocycles. The van der Waals surface area contributed by atoms with Crippen molar-refractivity contribution in [2.24, 2.45) is 0 Å². The Morgan fingerprint density at radius 3 is 2.75 bits per heavy atom. The first-order chi connectivity index (χ1) is 15.4. The van der Waals surface area contributed by atoms with E-state index in [1.54, 1.807) is 30.3 Å². The van der Waals surface area contributed by atoms with Gasteiger partial charge in [0.2, 0.25) is 12.6 Å². The number of alkyl halides is 3. The summed E-state index contributed by atoms with van der Waals surface area (Å²) in [4.78, 5) is 19.9. The number of rotatable bonds is 5. The molecule has 0 unspecified atom stereocenters. The zero-order valence-electron chi connectivity index (χ0n) is 16.2. The van der Waals surface area contributed by atoms with E-state index in [-0.39, 0.29) is 42.6 Å². The van der Waals surface area contributed by atoms with Crippen LogP contribution in [-0.4, -0.2) is 32.4 Å². The van der Waals surface area contributed by atoms with E-state index >= 15 is 0 Å². The van der Waals surface area contributed by atoms with Crippen LogP contribution in [0.4, 0.5) is 13.2 Å². The van der Waals surface area contributed by atoms with Crippen LogP contribution in [0.25, 0.3) is 11.0 Å². The minimum absolute atomic E-state index is 0.0908. The van der Waals surface area contributed by atoms with Crippen molar-refractivity contribution >= 4 is 16.9 Å². The van der Waals surface area contributed by atoms with Gasteiger partial charge < -0.3 is 23.9 Å². The number of nitrogens with zero attached hydrogens (tertiary/aromatic N) is 4. The summed E-state index contributed by atoms with van der Waals surface area (Å²) in [6.45, 7) is -0.0793. The van der Waals surface area contributed by atoms with E-state index in [4.69, 9.17) is 14.0 Å². The topological polar surface area (TPSA) is 104 Å². The number of fused-ring (bicyclic) bond motifs is 2. The Balaban J connectivity index is 1.31. The van der Waals surface area contributed by atoms with Gasteiger partial charge in [-0.15, -0.1) is 0 Å². The lowest BCUT2D eigenvalue weighted by Gasteiger charge is -2.09. The van der Waals surface area contributed by atoms with Crippen molar-refractivity contribution in [3.05, 3.63) is 65.6 Å². The van der Waals surface area contributed by atoms with Crippen molar-refractivity contribution < 1.29 is 32.0 Å². The lowest BCUT2D eigenvalue weighted by Crippen LogP contribution is -2.23. The van der Waals surface area contributed by atoms with Gasteiger partial charge in [-0.2, -0.15) is 18.2 Å². The molecule has 1 aliphatic heterocycles. The number of carbonyl (C=O) groups excluding carboxylic acids is 1. The van der Waals surface area contributed by atoms with Crippen LogP contribution in [-0.2, 0) is 19.3 Å². The van der Waals surface area contributed by atoms with Gasteiger partial charge in [-0.3, -0.25) is 4.79 Å². The Labute approximate surface area is 177 Å². The predicted molar refractivity (Wildman–Crippen MR) is 102 cm³/mol. The Morgan fingerprint density at radius 2 is 1.91 bits per heavy atom. The largest absolute Gasteiger partial charge is 0.454 e. The first-order valence-electron chi connectivity index (χ1n) is 9.40. The van der Waals surface area contributed by atoms with Crippen molar-refractivity contribution in [2.45, 2.75) is 19.3 Å². The molecule has 0 saturated heterocycles. The fourth-order valence-electron chi connectivity index (χ4n) is 3.31. The molecule has 0 atom stereocenters. The van der Waals surface area contributed by atoms with Crippen LogP contribution in [0, 0.1) is 0 Å². The molecule has 32 heavy (non-hydrogen) atoms. The highest BCUT2D eigenvalue weighted by molar-refractivity contribution is 5.89. The van der Waals surface area contributed by atoms with Gasteiger partial charge in [-0.1, -0.05) is 23.4 Å². The van der Waals surface area contributed by atoms with E-state index in [1.807, 2.05) is 0 Å². The number of halogens is 3. The molecule has 0 fully saturated rings. The number of imidazole rings is 1. The Hall–Kier alpha value is -4.09. The first kappa shape index (κ1) is 19.8. The summed E-state index contributed by atoms with van der Waals surface area (Å²) >= 11 is 0. The standard InChI is InChI=1S/C20H14F3N5O4/c21-20(22,23)19-25-12-3-1-2-4-13(12)28(19)9-16-26-18(32-27-16)17(29)24-8-11-5-6-14-15(7-11)31-10-30-14/h1-7H,8-10H2,(H,24,29). The number of aromatic nitrogens is 4. The second-order valence-corrected chi connectivity index (χ2v) is 6.89. The fraction of sp³-hybridized carbons (Fsp3) is 0.200. The van der Waals surface area contributed by atoms with Crippen molar-refractivity contribution in [3.63, 3.8) is 0 Å². The smallest absolute Gasteiger partial charge is 0.449 e. The number of carbonyl (C=O) groups is 1. The second kappa shape index (κ2) is 7.55. The molecule has 9 nitrogen and oxygen atoms in total. The highest BCUT2D eigenvalue weighted by Gasteiger charge is 2.38. The zero-order valence-corrected chi connectivity index (χ0v) is 16.2.